The molecule has 0 saturated carbocycles. The molecule has 0 saturated heterocycles. The maximum absolute atomic E-state index is 4.32. The zero-order valence-corrected chi connectivity index (χ0v) is 8.09. The van der Waals surface area contributed by atoms with Gasteiger partial charge in [-0.1, -0.05) is 0 Å². The summed E-state index contributed by atoms with van der Waals surface area (Å²) in [6.07, 6.45) is 2.98. The second kappa shape index (κ2) is 3.24. The van der Waals surface area contributed by atoms with Crippen LogP contribution in [0.25, 0.3) is 0 Å². The molecule has 1 aromatic rings. The summed E-state index contributed by atoms with van der Waals surface area (Å²) < 4.78 is 0. The molecule has 3 heteroatoms. The predicted octanol–water partition coefficient (Wildman–Crippen LogP) is 2.01. The van der Waals surface area contributed by atoms with Crippen LogP contribution in [0.4, 0.5) is 11.5 Å². The van der Waals surface area contributed by atoms with Gasteiger partial charge in [0.05, 0.1) is 5.69 Å². The quantitative estimate of drug-likeness (QED) is 0.636. The van der Waals surface area contributed by atoms with Gasteiger partial charge in [0.25, 0.3) is 0 Å². The molecule has 1 unspecified atom stereocenters. The van der Waals surface area contributed by atoms with E-state index in [-0.39, 0.29) is 0 Å². The highest BCUT2D eigenvalue weighted by Crippen LogP contribution is 2.25. The van der Waals surface area contributed by atoms with Crippen LogP contribution in [-0.4, -0.2) is 17.6 Å². The topological polar surface area (TPSA) is 37.0 Å². The average molecular weight is 177 g/mol. The molecule has 0 bridgehead atoms. The minimum absolute atomic E-state index is 0.503. The highest BCUT2D eigenvalue weighted by molar-refractivity contribution is 5.69. The van der Waals surface area contributed by atoms with Crippen LogP contribution in [0, 0.1) is 6.92 Å². The van der Waals surface area contributed by atoms with Crippen molar-refractivity contribution in [3.63, 3.8) is 0 Å². The lowest BCUT2D eigenvalue weighted by Crippen LogP contribution is -2.15. The zero-order chi connectivity index (χ0) is 9.26. The van der Waals surface area contributed by atoms with E-state index in [0.717, 1.165) is 24.5 Å². The van der Waals surface area contributed by atoms with E-state index < -0.39 is 0 Å². The molecule has 1 aliphatic rings. The summed E-state index contributed by atoms with van der Waals surface area (Å²) in [5, 5.41) is 6.79. The summed E-state index contributed by atoms with van der Waals surface area (Å²) >= 11 is 0. The van der Waals surface area contributed by atoms with E-state index in [9.17, 15) is 0 Å². The second-order valence-corrected chi connectivity index (χ2v) is 3.61. The second-order valence-electron chi connectivity index (χ2n) is 3.61. The van der Waals surface area contributed by atoms with E-state index in [1.807, 2.05) is 12.3 Å². The highest BCUT2D eigenvalue weighted by Gasteiger charge is 2.13. The SMILES string of the molecule is Cc1ccnc2c1NCCC(C)N2. The van der Waals surface area contributed by atoms with Crippen molar-refractivity contribution in [2.45, 2.75) is 26.3 Å². The third-order valence-electron chi connectivity index (χ3n) is 2.42. The summed E-state index contributed by atoms with van der Waals surface area (Å²) in [5.41, 5.74) is 2.42. The van der Waals surface area contributed by atoms with E-state index in [2.05, 4.69) is 29.5 Å². The van der Waals surface area contributed by atoms with Crippen molar-refractivity contribution in [2.75, 3.05) is 17.2 Å². The molecule has 2 N–H and O–H groups in total. The standard InChI is InChI=1S/C10H15N3/c1-7-3-5-12-10-9(7)11-6-4-8(2)13-10/h3,5,8,11H,4,6H2,1-2H3,(H,12,13). The Hall–Kier alpha value is -1.25. The van der Waals surface area contributed by atoms with E-state index in [1.165, 1.54) is 5.56 Å². The van der Waals surface area contributed by atoms with Crippen LogP contribution in [0.2, 0.25) is 0 Å². The van der Waals surface area contributed by atoms with Gasteiger partial charge >= 0.3 is 0 Å². The van der Waals surface area contributed by atoms with Crippen molar-refractivity contribution in [1.82, 2.24) is 4.98 Å². The molecule has 0 aliphatic carbocycles. The fraction of sp³-hybridized carbons (Fsp3) is 0.500. The van der Waals surface area contributed by atoms with Gasteiger partial charge in [-0.2, -0.15) is 0 Å². The average Bonchev–Trinajstić information content (AvgIpc) is 2.27. The molecule has 13 heavy (non-hydrogen) atoms. The summed E-state index contributed by atoms with van der Waals surface area (Å²) in [6, 6.07) is 2.53. The molecule has 1 aliphatic heterocycles. The highest BCUT2D eigenvalue weighted by atomic mass is 15.1. The molecule has 2 rings (SSSR count). The lowest BCUT2D eigenvalue weighted by molar-refractivity contribution is 0.743. The molecule has 0 spiro atoms. The Balaban J connectivity index is 2.39. The lowest BCUT2D eigenvalue weighted by atomic mass is 10.2. The van der Waals surface area contributed by atoms with Crippen molar-refractivity contribution in [2.24, 2.45) is 0 Å². The van der Waals surface area contributed by atoms with Gasteiger partial charge in [-0.3, -0.25) is 0 Å². The fourth-order valence-electron chi connectivity index (χ4n) is 1.61. The van der Waals surface area contributed by atoms with Crippen LogP contribution in [0.1, 0.15) is 18.9 Å². The maximum atomic E-state index is 4.32. The van der Waals surface area contributed by atoms with Gasteiger partial charge in [-0.25, -0.2) is 4.98 Å². The summed E-state index contributed by atoms with van der Waals surface area (Å²) in [6.45, 7) is 5.31. The Morgan fingerprint density at radius 3 is 3.23 bits per heavy atom. The number of aromatic nitrogens is 1. The van der Waals surface area contributed by atoms with Crippen molar-refractivity contribution < 1.29 is 0 Å². The first-order valence-electron chi connectivity index (χ1n) is 4.73. The van der Waals surface area contributed by atoms with E-state index in [0.29, 0.717) is 6.04 Å². The van der Waals surface area contributed by atoms with Crippen LogP contribution < -0.4 is 10.6 Å². The largest absolute Gasteiger partial charge is 0.382 e. The molecular formula is C10H15N3. The van der Waals surface area contributed by atoms with Crippen LogP contribution in [0.5, 0.6) is 0 Å². The minimum atomic E-state index is 0.503. The van der Waals surface area contributed by atoms with Crippen molar-refractivity contribution in [1.29, 1.82) is 0 Å². The molecule has 0 amide bonds. The third kappa shape index (κ3) is 1.59. The Bertz CT molecular complexity index is 309. The van der Waals surface area contributed by atoms with Crippen molar-refractivity contribution in [3.05, 3.63) is 17.8 Å². The number of anilines is 2. The maximum Gasteiger partial charge on any atom is 0.149 e. The van der Waals surface area contributed by atoms with Gasteiger partial charge in [0.2, 0.25) is 0 Å². The van der Waals surface area contributed by atoms with Crippen molar-refractivity contribution >= 4 is 11.5 Å². The first-order valence-corrected chi connectivity index (χ1v) is 4.73. The molecule has 0 radical (unpaired) electrons. The molecule has 70 valence electrons. The molecule has 1 aromatic heterocycles. The van der Waals surface area contributed by atoms with Gasteiger partial charge in [-0.15, -0.1) is 0 Å². The predicted molar refractivity (Wildman–Crippen MR) is 55.2 cm³/mol. The molecule has 0 fully saturated rings. The Morgan fingerprint density at radius 1 is 1.54 bits per heavy atom. The number of fused-ring (bicyclic) bond motifs is 1. The van der Waals surface area contributed by atoms with Gasteiger partial charge < -0.3 is 10.6 Å². The van der Waals surface area contributed by atoms with Crippen LogP contribution in [0.15, 0.2) is 12.3 Å². The number of nitrogens with one attached hydrogen (secondary N) is 2. The van der Waals surface area contributed by atoms with Crippen LogP contribution in [-0.2, 0) is 0 Å². The number of hydrogen-bond donors (Lipinski definition) is 2. The smallest absolute Gasteiger partial charge is 0.149 e. The Morgan fingerprint density at radius 2 is 2.38 bits per heavy atom. The molecule has 3 nitrogen and oxygen atoms in total. The van der Waals surface area contributed by atoms with E-state index in [4.69, 9.17) is 0 Å². The van der Waals surface area contributed by atoms with Gasteiger partial charge in [0.1, 0.15) is 5.82 Å². The van der Waals surface area contributed by atoms with Crippen LogP contribution in [0.3, 0.4) is 0 Å². The summed E-state index contributed by atoms with van der Waals surface area (Å²) in [4.78, 5) is 4.32. The third-order valence-corrected chi connectivity index (χ3v) is 2.42. The summed E-state index contributed by atoms with van der Waals surface area (Å²) in [5.74, 6) is 0.991. The Labute approximate surface area is 78.6 Å². The Kier molecular flexibility index (Phi) is 2.08. The number of hydrogen-bond acceptors (Lipinski definition) is 3. The number of nitrogens with zero attached hydrogens (tertiary/aromatic N) is 1. The minimum Gasteiger partial charge on any atom is -0.382 e. The fourth-order valence-corrected chi connectivity index (χ4v) is 1.61. The zero-order valence-electron chi connectivity index (χ0n) is 8.09. The molecule has 1 atom stereocenters. The number of aryl methyl sites for hydroxylation is 1. The lowest BCUT2D eigenvalue weighted by Gasteiger charge is -2.11. The first kappa shape index (κ1) is 8.35. The molecule has 2 heterocycles. The van der Waals surface area contributed by atoms with E-state index in [1.54, 1.807) is 0 Å². The summed E-state index contributed by atoms with van der Waals surface area (Å²) in [7, 11) is 0. The van der Waals surface area contributed by atoms with E-state index >= 15 is 0 Å². The van der Waals surface area contributed by atoms with Gasteiger partial charge in [-0.05, 0) is 31.9 Å². The van der Waals surface area contributed by atoms with Crippen molar-refractivity contribution in [3.8, 4) is 0 Å². The molecular weight excluding hydrogens is 162 g/mol. The van der Waals surface area contributed by atoms with Gasteiger partial charge in [0.15, 0.2) is 0 Å². The number of rotatable bonds is 0. The normalized spacial score (nSPS) is 20.9. The first-order chi connectivity index (χ1) is 6.27. The monoisotopic (exact) mass is 177 g/mol. The molecule has 0 aromatic carbocycles. The number of pyridine rings is 1. The van der Waals surface area contributed by atoms with Crippen LogP contribution >= 0.6 is 0 Å². The van der Waals surface area contributed by atoms with Gasteiger partial charge in [0, 0.05) is 18.8 Å².